The van der Waals surface area contributed by atoms with Crippen LogP contribution in [0.2, 0.25) is 0 Å². The fourth-order valence-electron chi connectivity index (χ4n) is 3.31. The molecule has 0 aliphatic rings. The zero-order valence-electron chi connectivity index (χ0n) is 16.7. The zero-order chi connectivity index (χ0) is 21.7. The molecule has 3 aromatic rings. The molecular formula is C22H24F3N3O2. The number of carbonyl (C=O) groups excluding carboxylic acids is 1. The van der Waals surface area contributed by atoms with Gasteiger partial charge in [-0.3, -0.25) is 9.36 Å². The highest BCUT2D eigenvalue weighted by Crippen LogP contribution is 2.34. The van der Waals surface area contributed by atoms with E-state index in [1.165, 1.54) is 24.3 Å². The zero-order valence-corrected chi connectivity index (χ0v) is 16.7. The molecule has 3 rings (SSSR count). The van der Waals surface area contributed by atoms with E-state index in [0.29, 0.717) is 17.7 Å². The van der Waals surface area contributed by atoms with E-state index >= 15 is 0 Å². The van der Waals surface area contributed by atoms with E-state index < -0.39 is 12.0 Å². The van der Waals surface area contributed by atoms with Crippen LogP contribution >= 0.6 is 0 Å². The van der Waals surface area contributed by atoms with Crippen LogP contribution in [-0.4, -0.2) is 20.6 Å². The third-order valence-electron chi connectivity index (χ3n) is 4.82. The minimum Gasteiger partial charge on any atom is -0.392 e. The van der Waals surface area contributed by atoms with E-state index in [1.807, 2.05) is 0 Å². The molecule has 8 heteroatoms. The highest BCUT2D eigenvalue weighted by Gasteiger charge is 2.38. The molecule has 1 amide bonds. The summed E-state index contributed by atoms with van der Waals surface area (Å²) in [5, 5.41) is 12.0. The van der Waals surface area contributed by atoms with Gasteiger partial charge in [0.25, 0.3) is 0 Å². The number of imidazole rings is 1. The van der Waals surface area contributed by atoms with Crippen LogP contribution in [0.15, 0.2) is 42.5 Å². The third-order valence-corrected chi connectivity index (χ3v) is 4.82. The van der Waals surface area contributed by atoms with E-state index in [0.717, 1.165) is 30.3 Å². The SMILES string of the molecule is CCCCCCC(=O)Nc1ccc(-n2c(C(F)(F)F)nc3cc(CO)ccc32)cc1. The molecule has 1 aromatic heterocycles. The van der Waals surface area contributed by atoms with Gasteiger partial charge in [0, 0.05) is 17.8 Å². The van der Waals surface area contributed by atoms with Crippen molar-refractivity contribution in [1.29, 1.82) is 0 Å². The van der Waals surface area contributed by atoms with Gasteiger partial charge in [0.05, 0.1) is 17.6 Å². The molecule has 0 unspecified atom stereocenters. The maximum absolute atomic E-state index is 13.6. The van der Waals surface area contributed by atoms with Gasteiger partial charge in [-0.2, -0.15) is 13.2 Å². The number of carbonyl (C=O) groups is 1. The lowest BCUT2D eigenvalue weighted by Crippen LogP contribution is -2.14. The molecule has 0 aliphatic heterocycles. The summed E-state index contributed by atoms with van der Waals surface area (Å²) in [5.41, 5.74) is 1.73. The number of amides is 1. The topological polar surface area (TPSA) is 67.2 Å². The molecule has 2 aromatic carbocycles. The van der Waals surface area contributed by atoms with E-state index in [-0.39, 0.29) is 29.2 Å². The Hall–Kier alpha value is -2.87. The minimum atomic E-state index is -4.65. The lowest BCUT2D eigenvalue weighted by molar-refractivity contribution is -0.145. The second-order valence-corrected chi connectivity index (χ2v) is 7.16. The van der Waals surface area contributed by atoms with Crippen molar-refractivity contribution < 1.29 is 23.1 Å². The average molecular weight is 419 g/mol. The quantitative estimate of drug-likeness (QED) is 0.478. The van der Waals surface area contributed by atoms with Crippen LogP contribution in [0.25, 0.3) is 16.7 Å². The molecule has 0 spiro atoms. The monoisotopic (exact) mass is 419 g/mol. The number of nitrogens with zero attached hydrogens (tertiary/aromatic N) is 2. The number of hydrogen-bond acceptors (Lipinski definition) is 3. The Morgan fingerprint density at radius 3 is 2.47 bits per heavy atom. The molecular weight excluding hydrogens is 395 g/mol. The largest absolute Gasteiger partial charge is 0.450 e. The predicted molar refractivity (Wildman–Crippen MR) is 109 cm³/mol. The summed E-state index contributed by atoms with van der Waals surface area (Å²) in [4.78, 5) is 15.8. The van der Waals surface area contributed by atoms with Gasteiger partial charge in [0.15, 0.2) is 0 Å². The van der Waals surface area contributed by atoms with Gasteiger partial charge < -0.3 is 10.4 Å². The highest BCUT2D eigenvalue weighted by atomic mass is 19.4. The van der Waals surface area contributed by atoms with E-state index in [4.69, 9.17) is 0 Å². The number of alkyl halides is 3. The second kappa shape index (κ2) is 9.30. The number of benzene rings is 2. The van der Waals surface area contributed by atoms with Crippen molar-refractivity contribution in [2.75, 3.05) is 5.32 Å². The molecule has 5 nitrogen and oxygen atoms in total. The average Bonchev–Trinajstić information content (AvgIpc) is 3.11. The van der Waals surface area contributed by atoms with E-state index in [2.05, 4.69) is 17.2 Å². The van der Waals surface area contributed by atoms with Crippen LogP contribution < -0.4 is 5.32 Å². The summed E-state index contributed by atoms with van der Waals surface area (Å²) in [6.45, 7) is 1.82. The Balaban J connectivity index is 1.86. The molecule has 30 heavy (non-hydrogen) atoms. The molecule has 0 saturated heterocycles. The van der Waals surface area contributed by atoms with Gasteiger partial charge in [-0.15, -0.1) is 0 Å². The summed E-state index contributed by atoms with van der Waals surface area (Å²) in [7, 11) is 0. The van der Waals surface area contributed by atoms with Crippen LogP contribution in [0.3, 0.4) is 0 Å². The number of rotatable bonds is 8. The van der Waals surface area contributed by atoms with Crippen molar-refractivity contribution in [3.8, 4) is 5.69 Å². The molecule has 0 saturated carbocycles. The third kappa shape index (κ3) is 4.99. The summed E-state index contributed by atoms with van der Waals surface area (Å²) >= 11 is 0. The first-order valence-corrected chi connectivity index (χ1v) is 9.93. The first-order chi connectivity index (χ1) is 14.3. The molecule has 0 radical (unpaired) electrons. The Morgan fingerprint density at radius 2 is 1.83 bits per heavy atom. The smallest absolute Gasteiger partial charge is 0.392 e. The summed E-state index contributed by atoms with van der Waals surface area (Å²) in [6.07, 6.45) is -0.253. The van der Waals surface area contributed by atoms with Crippen LogP contribution in [0.5, 0.6) is 0 Å². The van der Waals surface area contributed by atoms with Gasteiger partial charge in [-0.05, 0) is 48.4 Å². The van der Waals surface area contributed by atoms with Gasteiger partial charge in [0.2, 0.25) is 11.7 Å². The molecule has 1 heterocycles. The maximum Gasteiger partial charge on any atom is 0.450 e. The second-order valence-electron chi connectivity index (χ2n) is 7.16. The fraction of sp³-hybridized carbons (Fsp3) is 0.364. The lowest BCUT2D eigenvalue weighted by Gasteiger charge is -2.12. The first kappa shape index (κ1) is 21.8. The summed E-state index contributed by atoms with van der Waals surface area (Å²) < 4.78 is 41.8. The Morgan fingerprint density at radius 1 is 1.10 bits per heavy atom. The molecule has 0 atom stereocenters. The molecule has 2 N–H and O–H groups in total. The number of nitrogens with one attached hydrogen (secondary N) is 1. The Labute approximate surface area is 172 Å². The number of halogens is 3. The molecule has 0 fully saturated rings. The van der Waals surface area contributed by atoms with Crippen molar-refractivity contribution in [2.24, 2.45) is 0 Å². The normalized spacial score (nSPS) is 11.8. The lowest BCUT2D eigenvalue weighted by atomic mass is 10.1. The van der Waals surface area contributed by atoms with Crippen LogP contribution in [0.4, 0.5) is 18.9 Å². The van der Waals surface area contributed by atoms with Crippen LogP contribution in [-0.2, 0) is 17.6 Å². The van der Waals surface area contributed by atoms with Crippen molar-refractivity contribution in [3.63, 3.8) is 0 Å². The Kier molecular flexibility index (Phi) is 6.77. The number of unbranched alkanes of at least 4 members (excludes halogenated alkanes) is 3. The summed E-state index contributed by atoms with van der Waals surface area (Å²) in [5.74, 6) is -1.15. The van der Waals surface area contributed by atoms with Crippen LogP contribution in [0.1, 0.15) is 50.4 Å². The minimum absolute atomic E-state index is 0.112. The number of aromatic nitrogens is 2. The van der Waals surface area contributed by atoms with Crippen molar-refractivity contribution in [3.05, 3.63) is 53.9 Å². The predicted octanol–water partition coefficient (Wildman–Crippen LogP) is 5.45. The van der Waals surface area contributed by atoms with Crippen molar-refractivity contribution >= 4 is 22.6 Å². The standard InChI is InChI=1S/C22H24F3N3O2/c1-2-3-4-5-6-20(30)26-16-8-10-17(11-9-16)28-19-12-7-15(14-29)13-18(19)27-21(28)22(23,24)25/h7-13,29H,2-6,14H2,1H3,(H,26,30). The van der Waals surface area contributed by atoms with E-state index in [9.17, 15) is 23.1 Å². The highest BCUT2D eigenvalue weighted by molar-refractivity contribution is 5.90. The molecule has 0 aliphatic carbocycles. The maximum atomic E-state index is 13.6. The molecule has 160 valence electrons. The van der Waals surface area contributed by atoms with Gasteiger partial charge in [0.1, 0.15) is 0 Å². The Bertz CT molecular complexity index is 1010. The fourth-order valence-corrected chi connectivity index (χ4v) is 3.31. The van der Waals surface area contributed by atoms with Crippen molar-refractivity contribution in [2.45, 2.75) is 51.8 Å². The number of aliphatic hydroxyl groups is 1. The number of hydrogen-bond donors (Lipinski definition) is 2. The van der Waals surface area contributed by atoms with Gasteiger partial charge >= 0.3 is 6.18 Å². The summed E-state index contributed by atoms with van der Waals surface area (Å²) in [6, 6.07) is 10.7. The van der Waals surface area contributed by atoms with Crippen molar-refractivity contribution in [1.82, 2.24) is 9.55 Å². The molecule has 0 bridgehead atoms. The van der Waals surface area contributed by atoms with E-state index in [1.54, 1.807) is 18.2 Å². The number of aliphatic hydroxyl groups excluding tert-OH is 1. The first-order valence-electron chi connectivity index (χ1n) is 9.93. The van der Waals surface area contributed by atoms with Crippen LogP contribution in [0, 0.1) is 0 Å². The van der Waals surface area contributed by atoms with Gasteiger partial charge in [-0.25, -0.2) is 4.98 Å². The van der Waals surface area contributed by atoms with Gasteiger partial charge in [-0.1, -0.05) is 32.3 Å². The number of fused-ring (bicyclic) bond motifs is 1. The number of anilines is 1.